The monoisotopic (exact) mass is 490 g/mol. The molecule has 31 heavy (non-hydrogen) atoms. The number of pyridine rings is 1. The third-order valence-corrected chi connectivity index (χ3v) is 5.62. The molecule has 3 rings (SSSR count). The number of rotatable bonds is 8. The summed E-state index contributed by atoms with van der Waals surface area (Å²) in [6.07, 6.45) is 0. The number of aromatic nitrogens is 1. The van der Waals surface area contributed by atoms with Crippen LogP contribution in [0.2, 0.25) is 0 Å². The minimum atomic E-state index is -0.687. The first-order valence-electron chi connectivity index (χ1n) is 10.0. The standard InChI is InChI=1S/C24H25BrF2N2O2/c1-15(2)28-12-17-4-6-18(7-5-17)13-29-16(3)10-22(23(25)24(29)30)31-14-19-8-9-20(26)11-21(19)27/h4-11,15,28H,12-14H2,1-3H3. The van der Waals surface area contributed by atoms with Gasteiger partial charge in [0.25, 0.3) is 5.56 Å². The lowest BCUT2D eigenvalue weighted by molar-refractivity contribution is 0.296. The second kappa shape index (κ2) is 10.2. The fourth-order valence-electron chi connectivity index (χ4n) is 3.08. The van der Waals surface area contributed by atoms with Gasteiger partial charge in [-0.15, -0.1) is 0 Å². The van der Waals surface area contributed by atoms with Crippen molar-refractivity contribution in [1.82, 2.24) is 9.88 Å². The molecule has 1 aromatic heterocycles. The van der Waals surface area contributed by atoms with Gasteiger partial charge < -0.3 is 14.6 Å². The van der Waals surface area contributed by atoms with Gasteiger partial charge in [-0.3, -0.25) is 4.79 Å². The highest BCUT2D eigenvalue weighted by molar-refractivity contribution is 9.10. The van der Waals surface area contributed by atoms with Crippen molar-refractivity contribution >= 4 is 15.9 Å². The van der Waals surface area contributed by atoms with Gasteiger partial charge in [-0.05, 0) is 46.1 Å². The number of hydrogen-bond donors (Lipinski definition) is 1. The Balaban J connectivity index is 1.74. The average molecular weight is 491 g/mol. The Labute approximate surface area is 189 Å². The van der Waals surface area contributed by atoms with E-state index in [9.17, 15) is 13.6 Å². The van der Waals surface area contributed by atoms with Crippen LogP contribution in [0.5, 0.6) is 5.75 Å². The first kappa shape index (κ1) is 23.2. The van der Waals surface area contributed by atoms with E-state index < -0.39 is 11.6 Å². The number of halogens is 3. The maximum absolute atomic E-state index is 13.8. The molecular formula is C24H25BrF2N2O2. The van der Waals surface area contributed by atoms with Gasteiger partial charge in [0.1, 0.15) is 28.5 Å². The van der Waals surface area contributed by atoms with Crippen molar-refractivity contribution in [2.24, 2.45) is 0 Å². The van der Waals surface area contributed by atoms with E-state index in [4.69, 9.17) is 4.74 Å². The largest absolute Gasteiger partial charge is 0.487 e. The van der Waals surface area contributed by atoms with E-state index in [0.29, 0.717) is 24.0 Å². The molecule has 3 aromatic rings. The summed E-state index contributed by atoms with van der Waals surface area (Å²) in [5.74, 6) is -1.02. The summed E-state index contributed by atoms with van der Waals surface area (Å²) in [5.41, 5.74) is 2.88. The molecule has 0 atom stereocenters. The molecule has 0 amide bonds. The zero-order chi connectivity index (χ0) is 22.5. The van der Waals surface area contributed by atoms with Gasteiger partial charge in [0.05, 0.1) is 6.54 Å². The van der Waals surface area contributed by atoms with E-state index in [1.165, 1.54) is 17.7 Å². The van der Waals surface area contributed by atoms with Crippen LogP contribution in [-0.2, 0) is 19.7 Å². The maximum Gasteiger partial charge on any atom is 0.269 e. The molecule has 1 heterocycles. The van der Waals surface area contributed by atoms with Crippen LogP contribution in [0.3, 0.4) is 0 Å². The Kier molecular flexibility index (Phi) is 7.62. The van der Waals surface area contributed by atoms with Crippen LogP contribution in [-0.4, -0.2) is 10.6 Å². The van der Waals surface area contributed by atoms with Crippen molar-refractivity contribution in [3.63, 3.8) is 0 Å². The summed E-state index contributed by atoms with van der Waals surface area (Å²) in [4.78, 5) is 12.9. The van der Waals surface area contributed by atoms with Crippen LogP contribution in [0.1, 0.15) is 36.2 Å². The fourth-order valence-corrected chi connectivity index (χ4v) is 3.52. The number of nitrogens with zero attached hydrogens (tertiary/aromatic N) is 1. The van der Waals surface area contributed by atoms with Gasteiger partial charge in [0.2, 0.25) is 0 Å². The number of hydrogen-bond acceptors (Lipinski definition) is 3. The van der Waals surface area contributed by atoms with E-state index in [1.54, 1.807) is 10.6 Å². The molecule has 0 radical (unpaired) electrons. The number of nitrogens with one attached hydrogen (secondary N) is 1. The van der Waals surface area contributed by atoms with Gasteiger partial charge in [-0.25, -0.2) is 8.78 Å². The predicted octanol–water partition coefficient (Wildman–Crippen LogP) is 5.32. The number of benzene rings is 2. The van der Waals surface area contributed by atoms with Crippen molar-refractivity contribution in [3.05, 3.63) is 97.4 Å². The molecule has 7 heteroatoms. The molecule has 0 fully saturated rings. The zero-order valence-corrected chi connectivity index (χ0v) is 19.3. The minimum absolute atomic E-state index is 0.112. The van der Waals surface area contributed by atoms with Gasteiger partial charge in [-0.2, -0.15) is 0 Å². The Morgan fingerprint density at radius 1 is 1.06 bits per heavy atom. The van der Waals surface area contributed by atoms with Gasteiger partial charge >= 0.3 is 0 Å². The maximum atomic E-state index is 13.8. The lowest BCUT2D eigenvalue weighted by atomic mass is 10.1. The minimum Gasteiger partial charge on any atom is -0.487 e. The quantitative estimate of drug-likeness (QED) is 0.464. The van der Waals surface area contributed by atoms with E-state index in [2.05, 4.69) is 47.2 Å². The van der Waals surface area contributed by atoms with Crippen molar-refractivity contribution in [1.29, 1.82) is 0 Å². The van der Waals surface area contributed by atoms with Crippen molar-refractivity contribution < 1.29 is 13.5 Å². The lowest BCUT2D eigenvalue weighted by Gasteiger charge is -2.15. The fraction of sp³-hybridized carbons (Fsp3) is 0.292. The van der Waals surface area contributed by atoms with Gasteiger partial charge in [0.15, 0.2) is 0 Å². The highest BCUT2D eigenvalue weighted by atomic mass is 79.9. The van der Waals surface area contributed by atoms with E-state index >= 15 is 0 Å². The molecule has 0 saturated carbocycles. The van der Waals surface area contributed by atoms with E-state index in [0.717, 1.165) is 18.2 Å². The topological polar surface area (TPSA) is 43.3 Å². The molecule has 0 bridgehead atoms. The molecule has 0 saturated heterocycles. The van der Waals surface area contributed by atoms with Crippen LogP contribution in [0.4, 0.5) is 8.78 Å². The Bertz CT molecular complexity index is 1110. The molecule has 164 valence electrons. The van der Waals surface area contributed by atoms with Crippen molar-refractivity contribution in [2.75, 3.05) is 0 Å². The molecule has 0 unspecified atom stereocenters. The Morgan fingerprint density at radius 3 is 2.39 bits per heavy atom. The van der Waals surface area contributed by atoms with Gasteiger partial charge in [0, 0.05) is 36.0 Å². The van der Waals surface area contributed by atoms with E-state index in [1.807, 2.05) is 19.1 Å². The summed E-state index contributed by atoms with van der Waals surface area (Å²) >= 11 is 3.31. The molecule has 0 aliphatic heterocycles. The molecular weight excluding hydrogens is 466 g/mol. The molecule has 1 N–H and O–H groups in total. The highest BCUT2D eigenvalue weighted by Crippen LogP contribution is 2.24. The molecule has 0 spiro atoms. The van der Waals surface area contributed by atoms with Crippen LogP contribution >= 0.6 is 15.9 Å². The summed E-state index contributed by atoms with van der Waals surface area (Å²) < 4.78 is 34.4. The Hall–Kier alpha value is -2.51. The lowest BCUT2D eigenvalue weighted by Crippen LogP contribution is -2.24. The second-order valence-corrected chi connectivity index (χ2v) is 8.52. The SMILES string of the molecule is Cc1cc(OCc2ccc(F)cc2F)c(Br)c(=O)n1Cc1ccc(CNC(C)C)cc1. The molecule has 0 aliphatic rings. The molecule has 2 aromatic carbocycles. The van der Waals surface area contributed by atoms with Crippen LogP contribution in [0.25, 0.3) is 0 Å². The third kappa shape index (κ3) is 6.02. The second-order valence-electron chi connectivity index (χ2n) is 7.73. The third-order valence-electron chi connectivity index (χ3n) is 4.89. The number of aryl methyl sites for hydroxylation is 1. The van der Waals surface area contributed by atoms with Crippen LogP contribution < -0.4 is 15.6 Å². The average Bonchev–Trinajstić information content (AvgIpc) is 2.73. The summed E-state index contributed by atoms with van der Waals surface area (Å²) in [7, 11) is 0. The first-order chi connectivity index (χ1) is 14.7. The van der Waals surface area contributed by atoms with E-state index in [-0.39, 0.29) is 22.2 Å². The predicted molar refractivity (Wildman–Crippen MR) is 121 cm³/mol. The smallest absolute Gasteiger partial charge is 0.269 e. The summed E-state index contributed by atoms with van der Waals surface area (Å²) in [5, 5.41) is 3.38. The normalized spacial score (nSPS) is 11.2. The first-order valence-corrected chi connectivity index (χ1v) is 10.8. The highest BCUT2D eigenvalue weighted by Gasteiger charge is 2.14. The van der Waals surface area contributed by atoms with Gasteiger partial charge in [-0.1, -0.05) is 38.1 Å². The summed E-state index contributed by atoms with van der Waals surface area (Å²) in [6, 6.07) is 13.6. The van der Waals surface area contributed by atoms with Crippen LogP contribution in [0.15, 0.2) is 57.8 Å². The Morgan fingerprint density at radius 2 is 1.74 bits per heavy atom. The molecule has 4 nitrogen and oxygen atoms in total. The van der Waals surface area contributed by atoms with Crippen molar-refractivity contribution in [2.45, 2.75) is 46.5 Å². The van der Waals surface area contributed by atoms with Crippen molar-refractivity contribution in [3.8, 4) is 5.75 Å². The number of ether oxygens (including phenoxy) is 1. The zero-order valence-electron chi connectivity index (χ0n) is 17.7. The summed E-state index contributed by atoms with van der Waals surface area (Å²) in [6.45, 7) is 7.13. The van der Waals surface area contributed by atoms with Crippen LogP contribution in [0, 0.1) is 18.6 Å². The molecule has 0 aliphatic carbocycles.